The third-order valence-corrected chi connectivity index (χ3v) is 3.78. The molecule has 0 aromatic rings. The standard InChI is InChI=1S/C17H34N2O2/c1-3-5-7-8-9-10-11-12-14-16(20)19-15(17(18)21)13-6-4-2/h15H,3-14H2,1-2H3,(H2,18,21)(H,19,20). The van der Waals surface area contributed by atoms with Crippen molar-refractivity contribution >= 4 is 11.8 Å². The van der Waals surface area contributed by atoms with Crippen LogP contribution in [0.4, 0.5) is 0 Å². The minimum atomic E-state index is -0.494. The van der Waals surface area contributed by atoms with Gasteiger partial charge >= 0.3 is 0 Å². The zero-order valence-electron chi connectivity index (χ0n) is 14.0. The fourth-order valence-electron chi connectivity index (χ4n) is 2.38. The van der Waals surface area contributed by atoms with Crippen LogP contribution < -0.4 is 11.1 Å². The van der Waals surface area contributed by atoms with Gasteiger partial charge in [0.25, 0.3) is 0 Å². The van der Waals surface area contributed by atoms with Gasteiger partial charge in [0, 0.05) is 6.42 Å². The number of rotatable bonds is 14. The van der Waals surface area contributed by atoms with E-state index in [-0.39, 0.29) is 5.91 Å². The minimum Gasteiger partial charge on any atom is -0.368 e. The van der Waals surface area contributed by atoms with Gasteiger partial charge in [0.15, 0.2) is 0 Å². The minimum absolute atomic E-state index is 0.0408. The number of hydrogen-bond acceptors (Lipinski definition) is 2. The van der Waals surface area contributed by atoms with Crippen LogP contribution in [0.15, 0.2) is 0 Å². The Kier molecular flexibility index (Phi) is 13.2. The first kappa shape index (κ1) is 19.9. The van der Waals surface area contributed by atoms with Crippen molar-refractivity contribution in [2.75, 3.05) is 0 Å². The lowest BCUT2D eigenvalue weighted by molar-refractivity contribution is -0.127. The molecule has 0 aliphatic carbocycles. The molecule has 0 aliphatic rings. The molecule has 0 rings (SSSR count). The van der Waals surface area contributed by atoms with E-state index in [0.29, 0.717) is 12.8 Å². The third-order valence-electron chi connectivity index (χ3n) is 3.78. The average Bonchev–Trinajstić information content (AvgIpc) is 2.46. The van der Waals surface area contributed by atoms with Crippen LogP contribution in [-0.2, 0) is 9.59 Å². The summed E-state index contributed by atoms with van der Waals surface area (Å²) in [6, 6.07) is -0.494. The maximum absolute atomic E-state index is 11.8. The van der Waals surface area contributed by atoms with E-state index in [1.807, 2.05) is 0 Å². The Bertz CT molecular complexity index is 280. The Morgan fingerprint density at radius 1 is 0.857 bits per heavy atom. The lowest BCUT2D eigenvalue weighted by Crippen LogP contribution is -2.44. The predicted octanol–water partition coefficient (Wildman–Crippen LogP) is 3.68. The van der Waals surface area contributed by atoms with E-state index >= 15 is 0 Å². The van der Waals surface area contributed by atoms with Crippen LogP contribution >= 0.6 is 0 Å². The van der Waals surface area contributed by atoms with Crippen molar-refractivity contribution in [2.45, 2.75) is 96.9 Å². The topological polar surface area (TPSA) is 72.2 Å². The molecule has 2 amide bonds. The number of nitrogens with two attached hydrogens (primary N) is 1. The predicted molar refractivity (Wildman–Crippen MR) is 87.9 cm³/mol. The molecule has 124 valence electrons. The molecule has 0 saturated carbocycles. The second-order valence-electron chi connectivity index (χ2n) is 5.89. The monoisotopic (exact) mass is 298 g/mol. The van der Waals surface area contributed by atoms with Crippen molar-refractivity contribution in [3.05, 3.63) is 0 Å². The highest BCUT2D eigenvalue weighted by Crippen LogP contribution is 2.09. The smallest absolute Gasteiger partial charge is 0.239 e. The van der Waals surface area contributed by atoms with Gasteiger partial charge in [-0.25, -0.2) is 0 Å². The number of carbonyl (C=O) groups is 2. The Labute approximate surface area is 130 Å². The highest BCUT2D eigenvalue weighted by atomic mass is 16.2. The summed E-state index contributed by atoms with van der Waals surface area (Å²) in [7, 11) is 0. The largest absolute Gasteiger partial charge is 0.368 e. The number of primary amides is 1. The van der Waals surface area contributed by atoms with E-state index < -0.39 is 11.9 Å². The highest BCUT2D eigenvalue weighted by Gasteiger charge is 2.16. The van der Waals surface area contributed by atoms with Crippen LogP contribution in [0.1, 0.15) is 90.9 Å². The third kappa shape index (κ3) is 12.4. The second kappa shape index (κ2) is 13.9. The van der Waals surface area contributed by atoms with Crippen LogP contribution in [0.2, 0.25) is 0 Å². The molecule has 0 aromatic carbocycles. The highest BCUT2D eigenvalue weighted by molar-refractivity contribution is 5.86. The molecule has 4 heteroatoms. The maximum Gasteiger partial charge on any atom is 0.239 e. The van der Waals surface area contributed by atoms with Crippen LogP contribution in [-0.4, -0.2) is 17.9 Å². The summed E-state index contributed by atoms with van der Waals surface area (Å²) in [5.41, 5.74) is 5.31. The molecule has 0 saturated heterocycles. The summed E-state index contributed by atoms with van der Waals surface area (Å²) in [5.74, 6) is -0.464. The van der Waals surface area contributed by atoms with Gasteiger partial charge in [0.1, 0.15) is 6.04 Å². The lowest BCUT2D eigenvalue weighted by atomic mass is 10.1. The first-order valence-electron chi connectivity index (χ1n) is 8.70. The van der Waals surface area contributed by atoms with E-state index in [9.17, 15) is 9.59 Å². The summed E-state index contributed by atoms with van der Waals surface area (Å²) in [5, 5.41) is 2.76. The Balaban J connectivity index is 3.61. The van der Waals surface area contributed by atoms with Gasteiger partial charge in [-0.1, -0.05) is 71.6 Å². The molecule has 0 fully saturated rings. The number of amides is 2. The molecule has 3 N–H and O–H groups in total. The van der Waals surface area contributed by atoms with Gasteiger partial charge in [0.2, 0.25) is 11.8 Å². The molecule has 0 heterocycles. The Morgan fingerprint density at radius 3 is 1.90 bits per heavy atom. The van der Waals surface area contributed by atoms with E-state index in [1.165, 1.54) is 38.5 Å². The Morgan fingerprint density at radius 2 is 1.38 bits per heavy atom. The van der Waals surface area contributed by atoms with Crippen LogP contribution in [0.25, 0.3) is 0 Å². The molecule has 0 bridgehead atoms. The number of nitrogens with one attached hydrogen (secondary N) is 1. The summed E-state index contributed by atoms with van der Waals surface area (Å²) in [6.45, 7) is 4.28. The maximum atomic E-state index is 11.8. The fraction of sp³-hybridized carbons (Fsp3) is 0.882. The first-order chi connectivity index (χ1) is 10.1. The zero-order chi connectivity index (χ0) is 15.9. The van der Waals surface area contributed by atoms with E-state index in [2.05, 4.69) is 19.2 Å². The number of unbranched alkanes of at least 4 members (excludes halogenated alkanes) is 8. The quantitative estimate of drug-likeness (QED) is 0.480. The van der Waals surface area contributed by atoms with Gasteiger partial charge in [-0.2, -0.15) is 0 Å². The van der Waals surface area contributed by atoms with Crippen molar-refractivity contribution < 1.29 is 9.59 Å². The second-order valence-corrected chi connectivity index (χ2v) is 5.89. The molecule has 4 nitrogen and oxygen atoms in total. The van der Waals surface area contributed by atoms with Gasteiger partial charge in [-0.05, 0) is 12.8 Å². The molecule has 1 unspecified atom stereocenters. The van der Waals surface area contributed by atoms with Crippen molar-refractivity contribution in [1.82, 2.24) is 5.32 Å². The van der Waals surface area contributed by atoms with Crippen LogP contribution in [0.5, 0.6) is 0 Å². The van der Waals surface area contributed by atoms with Crippen molar-refractivity contribution in [3.8, 4) is 0 Å². The van der Waals surface area contributed by atoms with Gasteiger partial charge < -0.3 is 11.1 Å². The molecule has 1 atom stereocenters. The fourth-order valence-corrected chi connectivity index (χ4v) is 2.38. The van der Waals surface area contributed by atoms with Gasteiger partial charge in [-0.3, -0.25) is 9.59 Å². The SMILES string of the molecule is CCCCCCCCCCC(=O)NC(CCCC)C(N)=O. The van der Waals surface area contributed by atoms with Crippen molar-refractivity contribution in [2.24, 2.45) is 5.73 Å². The molecule has 0 aliphatic heterocycles. The van der Waals surface area contributed by atoms with E-state index in [4.69, 9.17) is 5.73 Å². The van der Waals surface area contributed by atoms with E-state index in [1.54, 1.807) is 0 Å². The molecule has 21 heavy (non-hydrogen) atoms. The number of carbonyl (C=O) groups excluding carboxylic acids is 2. The first-order valence-corrected chi connectivity index (χ1v) is 8.70. The average molecular weight is 298 g/mol. The van der Waals surface area contributed by atoms with Crippen molar-refractivity contribution in [3.63, 3.8) is 0 Å². The summed E-state index contributed by atoms with van der Waals surface area (Å²) < 4.78 is 0. The molecule has 0 radical (unpaired) electrons. The Hall–Kier alpha value is -1.06. The summed E-state index contributed by atoms with van der Waals surface area (Å²) in [6.07, 6.45) is 12.8. The zero-order valence-corrected chi connectivity index (χ0v) is 14.0. The lowest BCUT2D eigenvalue weighted by Gasteiger charge is -2.14. The molecular formula is C17H34N2O2. The van der Waals surface area contributed by atoms with Crippen molar-refractivity contribution in [1.29, 1.82) is 0 Å². The van der Waals surface area contributed by atoms with Gasteiger partial charge in [0.05, 0.1) is 0 Å². The van der Waals surface area contributed by atoms with Crippen LogP contribution in [0.3, 0.4) is 0 Å². The van der Waals surface area contributed by atoms with Crippen LogP contribution in [0, 0.1) is 0 Å². The summed E-state index contributed by atoms with van der Waals surface area (Å²) >= 11 is 0. The van der Waals surface area contributed by atoms with Gasteiger partial charge in [-0.15, -0.1) is 0 Å². The normalized spacial score (nSPS) is 12.1. The molecular weight excluding hydrogens is 264 g/mol. The summed E-state index contributed by atoms with van der Waals surface area (Å²) in [4.78, 5) is 23.0. The van der Waals surface area contributed by atoms with E-state index in [0.717, 1.165) is 25.7 Å². The number of hydrogen-bond donors (Lipinski definition) is 2. The molecule has 0 aromatic heterocycles. The molecule has 0 spiro atoms.